The normalized spacial score (nSPS) is 11.4. The second kappa shape index (κ2) is 9.96. The summed E-state index contributed by atoms with van der Waals surface area (Å²) in [7, 11) is -3.84. The van der Waals surface area contributed by atoms with Gasteiger partial charge in [0, 0.05) is 19.2 Å². The van der Waals surface area contributed by atoms with Crippen molar-refractivity contribution < 1.29 is 31.5 Å². The zero-order valence-electron chi connectivity index (χ0n) is 16.1. The number of rotatable bonds is 8. The molecule has 0 atom stereocenters. The van der Waals surface area contributed by atoms with Crippen molar-refractivity contribution in [1.29, 1.82) is 0 Å². The van der Waals surface area contributed by atoms with E-state index >= 15 is 0 Å². The van der Waals surface area contributed by atoms with Crippen molar-refractivity contribution in [3.63, 3.8) is 0 Å². The predicted molar refractivity (Wildman–Crippen MR) is 107 cm³/mol. The average molecular weight is 461 g/mol. The summed E-state index contributed by atoms with van der Waals surface area (Å²) in [6, 6.07) is 6.12. The maximum absolute atomic E-state index is 13.6. The predicted octanol–water partition coefficient (Wildman–Crippen LogP) is 3.44. The summed E-state index contributed by atoms with van der Waals surface area (Å²) in [5.41, 5.74) is -0.534. The smallest absolute Gasteiger partial charge is 0.340 e. The molecule has 162 valence electrons. The van der Waals surface area contributed by atoms with Crippen LogP contribution in [0.15, 0.2) is 41.3 Å². The molecule has 11 heteroatoms. The van der Waals surface area contributed by atoms with Crippen molar-refractivity contribution in [2.45, 2.75) is 18.7 Å². The molecule has 2 aromatic rings. The maximum atomic E-state index is 13.6. The Morgan fingerprint density at radius 1 is 1.10 bits per heavy atom. The van der Waals surface area contributed by atoms with Gasteiger partial charge in [-0.05, 0) is 30.3 Å². The van der Waals surface area contributed by atoms with Gasteiger partial charge in [0.25, 0.3) is 5.91 Å². The Labute approximate surface area is 177 Å². The summed E-state index contributed by atoms with van der Waals surface area (Å²) >= 11 is 5.97. The molecule has 0 saturated heterocycles. The molecule has 0 spiro atoms. The number of hydrogen-bond donors (Lipinski definition) is 1. The number of anilines is 1. The van der Waals surface area contributed by atoms with Crippen LogP contribution < -0.4 is 5.32 Å². The van der Waals surface area contributed by atoms with Gasteiger partial charge >= 0.3 is 5.97 Å². The summed E-state index contributed by atoms with van der Waals surface area (Å²) in [4.78, 5) is 24.0. The summed E-state index contributed by atoms with van der Waals surface area (Å²) < 4.78 is 57.7. The number of ether oxygens (including phenoxy) is 1. The van der Waals surface area contributed by atoms with Gasteiger partial charge in [-0.3, -0.25) is 4.79 Å². The lowest BCUT2D eigenvalue weighted by molar-refractivity contribution is -0.119. The van der Waals surface area contributed by atoms with E-state index in [1.807, 2.05) is 0 Å². The molecule has 30 heavy (non-hydrogen) atoms. The van der Waals surface area contributed by atoms with Gasteiger partial charge in [0.15, 0.2) is 6.61 Å². The van der Waals surface area contributed by atoms with Crippen LogP contribution in [0.3, 0.4) is 0 Å². The zero-order chi connectivity index (χ0) is 22.5. The number of carbonyl (C=O) groups is 2. The van der Waals surface area contributed by atoms with Crippen LogP contribution in [0.5, 0.6) is 0 Å². The lowest BCUT2D eigenvalue weighted by Gasteiger charge is -2.19. The van der Waals surface area contributed by atoms with Crippen molar-refractivity contribution in [1.82, 2.24) is 4.31 Å². The number of halogens is 3. The lowest BCUT2D eigenvalue weighted by atomic mass is 10.2. The van der Waals surface area contributed by atoms with Gasteiger partial charge in [-0.25, -0.2) is 22.0 Å². The molecule has 0 unspecified atom stereocenters. The van der Waals surface area contributed by atoms with Gasteiger partial charge in [-0.1, -0.05) is 25.4 Å². The minimum Gasteiger partial charge on any atom is -0.452 e. The van der Waals surface area contributed by atoms with Crippen LogP contribution in [0.4, 0.5) is 14.5 Å². The molecule has 1 N–H and O–H groups in total. The van der Waals surface area contributed by atoms with E-state index in [9.17, 15) is 26.8 Å². The van der Waals surface area contributed by atoms with Gasteiger partial charge < -0.3 is 10.1 Å². The fourth-order valence-electron chi connectivity index (χ4n) is 2.52. The summed E-state index contributed by atoms with van der Waals surface area (Å²) in [5, 5.41) is 2.07. The summed E-state index contributed by atoms with van der Waals surface area (Å²) in [6.45, 7) is 3.03. The molecule has 7 nitrogen and oxygen atoms in total. The largest absolute Gasteiger partial charge is 0.452 e. The van der Waals surface area contributed by atoms with Crippen molar-refractivity contribution in [3.05, 3.63) is 58.6 Å². The van der Waals surface area contributed by atoms with Crippen molar-refractivity contribution >= 4 is 39.2 Å². The highest BCUT2D eigenvalue weighted by Gasteiger charge is 2.24. The molecule has 2 aromatic carbocycles. The van der Waals surface area contributed by atoms with Gasteiger partial charge in [0.05, 0.1) is 21.2 Å². The Kier molecular flexibility index (Phi) is 7.88. The number of benzene rings is 2. The minimum absolute atomic E-state index is 0.0662. The molecule has 0 radical (unpaired) electrons. The second-order valence-corrected chi connectivity index (χ2v) is 8.32. The number of hydrogen-bond acceptors (Lipinski definition) is 5. The van der Waals surface area contributed by atoms with Gasteiger partial charge in [0.2, 0.25) is 10.0 Å². The maximum Gasteiger partial charge on any atom is 0.340 e. The van der Waals surface area contributed by atoms with E-state index in [-0.39, 0.29) is 34.3 Å². The third-order valence-electron chi connectivity index (χ3n) is 4.04. The first-order valence-electron chi connectivity index (χ1n) is 8.81. The number of nitrogens with one attached hydrogen (secondary N) is 1. The molecule has 0 fully saturated rings. The number of sulfonamides is 1. The monoisotopic (exact) mass is 460 g/mol. The number of carbonyl (C=O) groups excluding carboxylic acids is 2. The van der Waals surface area contributed by atoms with Gasteiger partial charge in [-0.2, -0.15) is 4.31 Å². The van der Waals surface area contributed by atoms with Crippen LogP contribution in [0.1, 0.15) is 24.2 Å². The van der Waals surface area contributed by atoms with Crippen LogP contribution in [0, 0.1) is 11.6 Å². The fourth-order valence-corrected chi connectivity index (χ4v) is 4.20. The van der Waals surface area contributed by atoms with E-state index in [1.165, 1.54) is 16.4 Å². The average Bonchev–Trinajstić information content (AvgIpc) is 2.69. The van der Waals surface area contributed by atoms with E-state index in [0.29, 0.717) is 6.07 Å². The Hall–Kier alpha value is -2.56. The van der Waals surface area contributed by atoms with E-state index in [2.05, 4.69) is 5.32 Å². The van der Waals surface area contributed by atoms with Crippen LogP contribution in [-0.2, 0) is 19.6 Å². The third kappa shape index (κ3) is 5.53. The van der Waals surface area contributed by atoms with Crippen LogP contribution in [0.25, 0.3) is 0 Å². The molecule has 1 amide bonds. The topological polar surface area (TPSA) is 92.8 Å². The van der Waals surface area contributed by atoms with Crippen molar-refractivity contribution in [3.8, 4) is 0 Å². The fraction of sp³-hybridized carbons (Fsp3) is 0.263. The Morgan fingerprint density at radius 3 is 2.37 bits per heavy atom. The molecule has 2 rings (SSSR count). The van der Waals surface area contributed by atoms with Crippen LogP contribution >= 0.6 is 11.6 Å². The Balaban J connectivity index is 2.12. The SMILES string of the molecule is CCN(CC)S(=O)(=O)c1ccc(Cl)c(C(=O)OCC(=O)Nc2ccc(F)cc2F)c1. The standard InChI is InChI=1S/C19H19ClF2N2O5S/c1-3-24(4-2)30(27,28)13-6-7-15(20)14(10-13)19(26)29-11-18(25)23-17-8-5-12(21)9-16(17)22/h5-10H,3-4,11H2,1-2H3,(H,23,25). The number of amides is 1. The first-order chi connectivity index (χ1) is 14.1. The molecular weight excluding hydrogens is 442 g/mol. The first kappa shape index (κ1) is 23.7. The van der Waals surface area contributed by atoms with Gasteiger partial charge in [-0.15, -0.1) is 0 Å². The van der Waals surface area contributed by atoms with Gasteiger partial charge in [0.1, 0.15) is 11.6 Å². The lowest BCUT2D eigenvalue weighted by Crippen LogP contribution is -2.30. The molecule has 0 aromatic heterocycles. The quantitative estimate of drug-likeness (QED) is 0.609. The molecule has 0 aliphatic heterocycles. The van der Waals surface area contributed by atoms with Crippen LogP contribution in [-0.4, -0.2) is 44.3 Å². The van der Waals surface area contributed by atoms with Crippen molar-refractivity contribution in [2.24, 2.45) is 0 Å². The second-order valence-electron chi connectivity index (χ2n) is 5.98. The number of nitrogens with zero attached hydrogens (tertiary/aromatic N) is 1. The summed E-state index contributed by atoms with van der Waals surface area (Å²) in [5.74, 6) is -3.72. The summed E-state index contributed by atoms with van der Waals surface area (Å²) in [6.07, 6.45) is 0. The van der Waals surface area contributed by atoms with E-state index in [0.717, 1.165) is 18.2 Å². The molecule has 0 saturated carbocycles. The minimum atomic E-state index is -3.84. The van der Waals surface area contributed by atoms with E-state index in [1.54, 1.807) is 13.8 Å². The highest BCUT2D eigenvalue weighted by Crippen LogP contribution is 2.24. The molecule has 0 heterocycles. The molecule has 0 bridgehead atoms. The van der Waals surface area contributed by atoms with E-state index < -0.39 is 40.1 Å². The van der Waals surface area contributed by atoms with E-state index in [4.69, 9.17) is 16.3 Å². The highest BCUT2D eigenvalue weighted by molar-refractivity contribution is 7.89. The zero-order valence-corrected chi connectivity index (χ0v) is 17.7. The molecular formula is C19H19ClF2N2O5S. The Bertz CT molecular complexity index is 1060. The third-order valence-corrected chi connectivity index (χ3v) is 6.42. The number of esters is 1. The molecule has 0 aliphatic carbocycles. The Morgan fingerprint density at radius 2 is 1.77 bits per heavy atom. The first-order valence-corrected chi connectivity index (χ1v) is 10.6. The van der Waals surface area contributed by atoms with Crippen molar-refractivity contribution in [2.75, 3.05) is 25.0 Å². The van der Waals surface area contributed by atoms with Crippen LogP contribution in [0.2, 0.25) is 5.02 Å². The molecule has 0 aliphatic rings. The highest BCUT2D eigenvalue weighted by atomic mass is 35.5.